The lowest BCUT2D eigenvalue weighted by Gasteiger charge is -2.44. The molecule has 1 heterocycles. The number of carbonyl (C=O) groups excluding carboxylic acids is 5. The van der Waals surface area contributed by atoms with E-state index in [1.807, 2.05) is 30.3 Å². The average molecular weight is 581 g/mol. The summed E-state index contributed by atoms with van der Waals surface area (Å²) in [4.78, 5) is 59.0. The fourth-order valence-corrected chi connectivity index (χ4v) is 4.18. The van der Waals surface area contributed by atoms with Crippen LogP contribution >= 0.6 is 0 Å². The molecular formula is C28H40N2O11. The Labute approximate surface area is 239 Å². The van der Waals surface area contributed by atoms with E-state index in [0.717, 1.165) is 24.8 Å². The first-order valence-electron chi connectivity index (χ1n) is 13.5. The third kappa shape index (κ3) is 13.0. The standard InChI is InChI=1S/C28H40N2O11/c1-18(31)30-24-26(40-21(4)34)25(39-20(3)33)23(17-37-19(2)32)41-27(24)36-15-11-6-5-10-14-29-28(35)38-16-22-12-8-7-9-13-22/h7-9,12-13,23-27H,5-6,10-11,14-17H2,1-4H3,(H,29,35)(H,30,31). The van der Waals surface area contributed by atoms with Crippen molar-refractivity contribution in [3.05, 3.63) is 35.9 Å². The van der Waals surface area contributed by atoms with Gasteiger partial charge in [0.2, 0.25) is 5.91 Å². The number of alkyl carbamates (subject to hydrolysis) is 1. The number of ether oxygens (including phenoxy) is 6. The van der Waals surface area contributed by atoms with Crippen LogP contribution in [0.4, 0.5) is 4.79 Å². The third-order valence-corrected chi connectivity index (χ3v) is 5.91. The van der Waals surface area contributed by atoms with Crippen LogP contribution in [0.25, 0.3) is 0 Å². The van der Waals surface area contributed by atoms with E-state index >= 15 is 0 Å². The van der Waals surface area contributed by atoms with Crippen molar-refractivity contribution in [2.24, 2.45) is 0 Å². The molecule has 41 heavy (non-hydrogen) atoms. The molecule has 0 spiro atoms. The predicted molar refractivity (Wildman–Crippen MR) is 143 cm³/mol. The van der Waals surface area contributed by atoms with Gasteiger partial charge in [0.25, 0.3) is 0 Å². The molecule has 2 N–H and O–H groups in total. The van der Waals surface area contributed by atoms with Gasteiger partial charge < -0.3 is 39.1 Å². The third-order valence-electron chi connectivity index (χ3n) is 5.91. The normalized spacial score (nSPS) is 21.7. The lowest BCUT2D eigenvalue weighted by atomic mass is 9.96. The smallest absolute Gasteiger partial charge is 0.407 e. The number of amides is 2. The molecule has 1 aromatic rings. The van der Waals surface area contributed by atoms with Crippen LogP contribution in [0.2, 0.25) is 0 Å². The largest absolute Gasteiger partial charge is 0.463 e. The van der Waals surface area contributed by atoms with E-state index in [0.29, 0.717) is 13.0 Å². The van der Waals surface area contributed by atoms with Gasteiger partial charge in [-0.1, -0.05) is 43.2 Å². The van der Waals surface area contributed by atoms with E-state index in [1.165, 1.54) is 27.7 Å². The molecule has 13 nitrogen and oxygen atoms in total. The van der Waals surface area contributed by atoms with E-state index < -0.39 is 60.6 Å². The van der Waals surface area contributed by atoms with E-state index in [2.05, 4.69) is 10.6 Å². The summed E-state index contributed by atoms with van der Waals surface area (Å²) in [5.74, 6) is -2.38. The van der Waals surface area contributed by atoms with Crippen molar-refractivity contribution < 1.29 is 52.4 Å². The van der Waals surface area contributed by atoms with Gasteiger partial charge in [0.15, 0.2) is 18.5 Å². The molecule has 1 saturated heterocycles. The van der Waals surface area contributed by atoms with Gasteiger partial charge in [-0.25, -0.2) is 4.79 Å². The Morgan fingerprint density at radius 3 is 2.10 bits per heavy atom. The zero-order valence-electron chi connectivity index (χ0n) is 23.9. The van der Waals surface area contributed by atoms with Crippen molar-refractivity contribution in [1.29, 1.82) is 0 Å². The van der Waals surface area contributed by atoms with Crippen LogP contribution in [0, 0.1) is 0 Å². The molecule has 0 saturated carbocycles. The molecule has 0 radical (unpaired) electrons. The summed E-state index contributed by atoms with van der Waals surface area (Å²) in [7, 11) is 0. The Balaban J connectivity index is 1.86. The number of nitrogens with one attached hydrogen (secondary N) is 2. The van der Waals surface area contributed by atoms with Crippen LogP contribution in [0.5, 0.6) is 0 Å². The second kappa shape index (κ2) is 17.9. The number of unbranched alkanes of at least 4 members (excludes halogenated alkanes) is 3. The average Bonchev–Trinajstić information content (AvgIpc) is 2.90. The summed E-state index contributed by atoms with van der Waals surface area (Å²) in [6.07, 6.45) is -1.96. The fraction of sp³-hybridized carbons (Fsp3) is 0.607. The van der Waals surface area contributed by atoms with Crippen LogP contribution < -0.4 is 10.6 Å². The first-order chi connectivity index (χ1) is 19.6. The Morgan fingerprint density at radius 2 is 1.46 bits per heavy atom. The highest BCUT2D eigenvalue weighted by Gasteiger charge is 2.51. The Morgan fingerprint density at radius 1 is 0.805 bits per heavy atom. The zero-order valence-corrected chi connectivity index (χ0v) is 23.9. The summed E-state index contributed by atoms with van der Waals surface area (Å²) in [6, 6.07) is 8.39. The molecule has 13 heteroatoms. The number of esters is 3. The molecule has 5 unspecified atom stereocenters. The van der Waals surface area contributed by atoms with Gasteiger partial charge in [0, 0.05) is 40.8 Å². The van der Waals surface area contributed by atoms with Gasteiger partial charge in [-0.2, -0.15) is 0 Å². The van der Waals surface area contributed by atoms with Crippen LogP contribution in [0.3, 0.4) is 0 Å². The van der Waals surface area contributed by atoms with Crippen molar-refractivity contribution in [3.8, 4) is 0 Å². The molecule has 2 rings (SSSR count). The Hall–Kier alpha value is -3.71. The maximum absolute atomic E-state index is 12.0. The molecule has 228 valence electrons. The summed E-state index contributed by atoms with van der Waals surface area (Å²) >= 11 is 0. The maximum Gasteiger partial charge on any atom is 0.407 e. The Kier molecular flexibility index (Phi) is 14.6. The second-order valence-corrected chi connectivity index (χ2v) is 9.49. The van der Waals surface area contributed by atoms with Crippen LogP contribution in [0.1, 0.15) is 58.9 Å². The van der Waals surface area contributed by atoms with Gasteiger partial charge in [0.1, 0.15) is 25.4 Å². The lowest BCUT2D eigenvalue weighted by molar-refractivity contribution is -0.277. The molecule has 2 amide bonds. The van der Waals surface area contributed by atoms with E-state index in [9.17, 15) is 24.0 Å². The van der Waals surface area contributed by atoms with Gasteiger partial charge in [-0.3, -0.25) is 19.2 Å². The van der Waals surface area contributed by atoms with Gasteiger partial charge in [-0.15, -0.1) is 0 Å². The highest BCUT2D eigenvalue weighted by molar-refractivity contribution is 5.73. The molecule has 1 aromatic carbocycles. The summed E-state index contributed by atoms with van der Waals surface area (Å²) in [6.45, 7) is 5.45. The summed E-state index contributed by atoms with van der Waals surface area (Å²) < 4.78 is 32.9. The van der Waals surface area contributed by atoms with Crippen molar-refractivity contribution in [2.75, 3.05) is 19.8 Å². The number of rotatable bonds is 15. The lowest BCUT2D eigenvalue weighted by Crippen LogP contribution is -2.66. The van der Waals surface area contributed by atoms with Crippen LogP contribution in [-0.4, -0.2) is 80.3 Å². The number of hydrogen-bond acceptors (Lipinski definition) is 11. The number of carbonyl (C=O) groups is 5. The Bertz CT molecular complexity index is 1000. The minimum atomic E-state index is -1.17. The molecule has 1 aliphatic rings. The van der Waals surface area contributed by atoms with Gasteiger partial charge in [0.05, 0.1) is 0 Å². The molecule has 1 aliphatic heterocycles. The van der Waals surface area contributed by atoms with E-state index in [4.69, 9.17) is 28.4 Å². The van der Waals surface area contributed by atoms with E-state index in [1.54, 1.807) is 0 Å². The van der Waals surface area contributed by atoms with Crippen LogP contribution in [0.15, 0.2) is 30.3 Å². The van der Waals surface area contributed by atoms with Crippen molar-refractivity contribution in [3.63, 3.8) is 0 Å². The zero-order chi connectivity index (χ0) is 30.2. The van der Waals surface area contributed by atoms with Gasteiger partial charge >= 0.3 is 24.0 Å². The number of benzene rings is 1. The van der Waals surface area contributed by atoms with E-state index in [-0.39, 0.29) is 19.8 Å². The highest BCUT2D eigenvalue weighted by Crippen LogP contribution is 2.28. The molecule has 0 aromatic heterocycles. The predicted octanol–water partition coefficient (Wildman–Crippen LogP) is 2.15. The number of hydrogen-bond donors (Lipinski definition) is 2. The topological polar surface area (TPSA) is 165 Å². The SMILES string of the molecule is CC(=O)NC1C(OCCCCCCNC(=O)OCc2ccccc2)OC(COC(C)=O)C(OC(C)=O)C1OC(C)=O. The molecule has 0 bridgehead atoms. The summed E-state index contributed by atoms with van der Waals surface area (Å²) in [5.41, 5.74) is 0.907. The second-order valence-electron chi connectivity index (χ2n) is 9.49. The van der Waals surface area contributed by atoms with Crippen molar-refractivity contribution in [2.45, 2.75) is 90.6 Å². The maximum atomic E-state index is 12.0. The summed E-state index contributed by atoms with van der Waals surface area (Å²) in [5, 5.41) is 5.38. The van der Waals surface area contributed by atoms with Gasteiger partial charge in [-0.05, 0) is 18.4 Å². The monoisotopic (exact) mass is 580 g/mol. The minimum Gasteiger partial charge on any atom is -0.463 e. The highest BCUT2D eigenvalue weighted by atomic mass is 16.7. The van der Waals surface area contributed by atoms with Crippen molar-refractivity contribution in [1.82, 2.24) is 10.6 Å². The molecule has 1 fully saturated rings. The van der Waals surface area contributed by atoms with Crippen LogP contribution in [-0.2, 0) is 54.2 Å². The first-order valence-corrected chi connectivity index (χ1v) is 13.5. The fourth-order valence-electron chi connectivity index (χ4n) is 4.18. The molecular weight excluding hydrogens is 540 g/mol. The molecule has 5 atom stereocenters. The molecule has 0 aliphatic carbocycles. The first kappa shape index (κ1) is 33.5. The quantitative estimate of drug-likeness (QED) is 0.177. The van der Waals surface area contributed by atoms with Crippen molar-refractivity contribution >= 4 is 29.9 Å². The minimum absolute atomic E-state index is 0.203.